The van der Waals surface area contributed by atoms with Gasteiger partial charge in [0.1, 0.15) is 11.6 Å². The van der Waals surface area contributed by atoms with E-state index in [1.165, 1.54) is 10.9 Å². The lowest BCUT2D eigenvalue weighted by Crippen LogP contribution is -1.97. The molecule has 0 spiro atoms. The molecule has 0 radical (unpaired) electrons. The normalized spacial score (nSPS) is 8.73. The molecule has 0 saturated heterocycles. The molecule has 0 saturated carbocycles. The predicted molar refractivity (Wildman–Crippen MR) is 37.6 cm³/mol. The molecule has 0 fully saturated rings. The highest BCUT2D eigenvalue weighted by molar-refractivity contribution is 5.72. The third-order valence-corrected chi connectivity index (χ3v) is 1.14. The van der Waals surface area contributed by atoms with Gasteiger partial charge in [-0.15, -0.1) is 0 Å². The number of amides is 1. The molecule has 1 amide bonds. The first kappa shape index (κ1) is 7.28. The summed E-state index contributed by atoms with van der Waals surface area (Å²) < 4.78 is 1.46. The fourth-order valence-electron chi connectivity index (χ4n) is 0.733. The van der Waals surface area contributed by atoms with Crippen molar-refractivity contribution < 1.29 is 4.79 Å². The molecule has 1 rings (SSSR count). The summed E-state index contributed by atoms with van der Waals surface area (Å²) in [4.78, 5) is 9.98. The second kappa shape index (κ2) is 2.84. The fourth-order valence-corrected chi connectivity index (χ4v) is 0.733. The maximum atomic E-state index is 9.98. The smallest absolute Gasteiger partial charge is 0.212 e. The molecule has 5 heteroatoms. The Hall–Kier alpha value is -1.83. The van der Waals surface area contributed by atoms with E-state index in [4.69, 9.17) is 5.26 Å². The standard InChI is InChI=1S/C6H6N4O/c1-10-3-5(2-7)6(9-10)8-4-11/h3-4H,1H3,(H,8,9,11). The molecule has 0 aliphatic rings. The van der Waals surface area contributed by atoms with E-state index in [0.29, 0.717) is 17.8 Å². The van der Waals surface area contributed by atoms with E-state index in [2.05, 4.69) is 10.4 Å². The zero-order valence-corrected chi connectivity index (χ0v) is 5.90. The van der Waals surface area contributed by atoms with Crippen LogP contribution in [0.1, 0.15) is 5.56 Å². The minimum Gasteiger partial charge on any atom is -0.311 e. The molecule has 0 aliphatic heterocycles. The van der Waals surface area contributed by atoms with Crippen molar-refractivity contribution in [3.05, 3.63) is 11.8 Å². The van der Waals surface area contributed by atoms with Crippen molar-refractivity contribution in [1.29, 1.82) is 5.26 Å². The van der Waals surface area contributed by atoms with E-state index in [9.17, 15) is 4.79 Å². The summed E-state index contributed by atoms with van der Waals surface area (Å²) >= 11 is 0. The average molecular weight is 150 g/mol. The van der Waals surface area contributed by atoms with E-state index < -0.39 is 0 Å². The number of hydrogen-bond donors (Lipinski definition) is 1. The third kappa shape index (κ3) is 1.35. The Labute approximate surface area is 63.2 Å². The molecular weight excluding hydrogens is 144 g/mol. The summed E-state index contributed by atoms with van der Waals surface area (Å²) in [5.41, 5.74) is 0.361. The molecule has 0 atom stereocenters. The molecule has 11 heavy (non-hydrogen) atoms. The lowest BCUT2D eigenvalue weighted by atomic mass is 10.4. The first-order valence-corrected chi connectivity index (χ1v) is 2.92. The average Bonchev–Trinajstić information content (AvgIpc) is 2.32. The van der Waals surface area contributed by atoms with Gasteiger partial charge in [0.25, 0.3) is 0 Å². The summed E-state index contributed by atoms with van der Waals surface area (Å²) in [5, 5.41) is 14.6. The number of carbonyl (C=O) groups is 1. The monoisotopic (exact) mass is 150 g/mol. The van der Waals surface area contributed by atoms with Crippen molar-refractivity contribution in [2.24, 2.45) is 7.05 Å². The number of rotatable bonds is 2. The van der Waals surface area contributed by atoms with Gasteiger partial charge in [-0.2, -0.15) is 10.4 Å². The van der Waals surface area contributed by atoms with Crippen LogP contribution in [0.2, 0.25) is 0 Å². The molecule has 0 aromatic carbocycles. The molecule has 1 aromatic heterocycles. The van der Waals surface area contributed by atoms with Crippen LogP contribution in [0.15, 0.2) is 6.20 Å². The summed E-state index contributed by atoms with van der Waals surface area (Å²) in [6.07, 6.45) is 2.02. The Morgan fingerprint density at radius 2 is 2.64 bits per heavy atom. The number of nitriles is 1. The predicted octanol–water partition coefficient (Wildman–Crippen LogP) is -0.140. The second-order valence-corrected chi connectivity index (χ2v) is 1.94. The van der Waals surface area contributed by atoms with E-state index in [0.717, 1.165) is 0 Å². The Bertz CT molecular complexity index is 309. The number of carbonyl (C=O) groups excluding carboxylic acids is 1. The van der Waals surface area contributed by atoms with E-state index >= 15 is 0 Å². The van der Waals surface area contributed by atoms with Crippen molar-refractivity contribution >= 4 is 12.2 Å². The van der Waals surface area contributed by atoms with Crippen molar-refractivity contribution in [2.45, 2.75) is 0 Å². The molecule has 1 N–H and O–H groups in total. The number of anilines is 1. The molecule has 5 nitrogen and oxygen atoms in total. The van der Waals surface area contributed by atoms with Crippen LogP contribution in [-0.2, 0) is 11.8 Å². The quantitative estimate of drug-likeness (QED) is 0.596. The molecule has 1 heterocycles. The van der Waals surface area contributed by atoms with E-state index in [1.807, 2.05) is 6.07 Å². The largest absolute Gasteiger partial charge is 0.311 e. The zero-order valence-electron chi connectivity index (χ0n) is 5.90. The topological polar surface area (TPSA) is 70.7 Å². The number of aromatic nitrogens is 2. The SMILES string of the molecule is Cn1cc(C#N)c(NC=O)n1. The van der Waals surface area contributed by atoms with E-state index in [-0.39, 0.29) is 0 Å². The van der Waals surface area contributed by atoms with Gasteiger partial charge in [-0.25, -0.2) is 0 Å². The molecular formula is C6H6N4O. The van der Waals surface area contributed by atoms with Crippen molar-refractivity contribution in [3.8, 4) is 6.07 Å². The van der Waals surface area contributed by atoms with Gasteiger partial charge in [0.05, 0.1) is 0 Å². The van der Waals surface area contributed by atoms with Crippen LogP contribution in [0.5, 0.6) is 0 Å². The van der Waals surface area contributed by atoms with Crippen LogP contribution in [0.25, 0.3) is 0 Å². The number of hydrogen-bond acceptors (Lipinski definition) is 3. The Morgan fingerprint density at radius 1 is 1.91 bits per heavy atom. The van der Waals surface area contributed by atoms with Crippen molar-refractivity contribution in [1.82, 2.24) is 9.78 Å². The summed E-state index contributed by atoms with van der Waals surface area (Å²) in [5.74, 6) is 0.296. The molecule has 0 aliphatic carbocycles. The zero-order chi connectivity index (χ0) is 8.27. The number of nitrogens with zero attached hydrogens (tertiary/aromatic N) is 3. The van der Waals surface area contributed by atoms with Gasteiger partial charge in [0.2, 0.25) is 6.41 Å². The first-order chi connectivity index (χ1) is 5.27. The van der Waals surface area contributed by atoms with Crippen LogP contribution in [0.4, 0.5) is 5.82 Å². The van der Waals surface area contributed by atoms with Crippen LogP contribution in [0.3, 0.4) is 0 Å². The molecule has 0 unspecified atom stereocenters. The molecule has 0 bridgehead atoms. The summed E-state index contributed by atoms with van der Waals surface area (Å²) in [7, 11) is 1.68. The van der Waals surface area contributed by atoms with Crippen molar-refractivity contribution in [2.75, 3.05) is 5.32 Å². The van der Waals surface area contributed by atoms with Gasteiger partial charge in [-0.1, -0.05) is 0 Å². The van der Waals surface area contributed by atoms with Crippen LogP contribution in [-0.4, -0.2) is 16.2 Å². The van der Waals surface area contributed by atoms with Gasteiger partial charge >= 0.3 is 0 Å². The van der Waals surface area contributed by atoms with Gasteiger partial charge in [-0.3, -0.25) is 9.48 Å². The molecule has 1 aromatic rings. The second-order valence-electron chi connectivity index (χ2n) is 1.94. The summed E-state index contributed by atoms with van der Waals surface area (Å²) in [6, 6.07) is 1.90. The maximum absolute atomic E-state index is 9.98. The van der Waals surface area contributed by atoms with E-state index in [1.54, 1.807) is 7.05 Å². The Kier molecular flexibility index (Phi) is 1.88. The first-order valence-electron chi connectivity index (χ1n) is 2.92. The van der Waals surface area contributed by atoms with Gasteiger partial charge in [0.15, 0.2) is 5.82 Å². The fraction of sp³-hybridized carbons (Fsp3) is 0.167. The number of nitrogens with one attached hydrogen (secondary N) is 1. The minimum absolute atomic E-state index is 0.296. The lowest BCUT2D eigenvalue weighted by Gasteiger charge is -1.88. The van der Waals surface area contributed by atoms with Gasteiger partial charge < -0.3 is 5.32 Å². The minimum atomic E-state index is 0.296. The van der Waals surface area contributed by atoms with Crippen LogP contribution in [0, 0.1) is 11.3 Å². The van der Waals surface area contributed by atoms with Crippen LogP contribution < -0.4 is 5.32 Å². The van der Waals surface area contributed by atoms with Crippen molar-refractivity contribution in [3.63, 3.8) is 0 Å². The number of aryl methyl sites for hydroxylation is 1. The van der Waals surface area contributed by atoms with Crippen LogP contribution >= 0.6 is 0 Å². The van der Waals surface area contributed by atoms with Gasteiger partial charge in [-0.05, 0) is 0 Å². The van der Waals surface area contributed by atoms with Gasteiger partial charge in [0, 0.05) is 13.2 Å². The molecule has 56 valence electrons. The maximum Gasteiger partial charge on any atom is 0.212 e. The Balaban J connectivity index is 3.04. The lowest BCUT2D eigenvalue weighted by molar-refractivity contribution is -0.105. The highest BCUT2D eigenvalue weighted by atomic mass is 16.1. The third-order valence-electron chi connectivity index (χ3n) is 1.14. The highest BCUT2D eigenvalue weighted by Crippen LogP contribution is 2.08. The Morgan fingerprint density at radius 3 is 3.18 bits per heavy atom. The summed E-state index contributed by atoms with van der Waals surface area (Å²) in [6.45, 7) is 0. The highest BCUT2D eigenvalue weighted by Gasteiger charge is 2.04.